The number of nitriles is 3. The summed E-state index contributed by atoms with van der Waals surface area (Å²) >= 11 is 0. The molecule has 0 aliphatic heterocycles. The van der Waals surface area contributed by atoms with Gasteiger partial charge in [0, 0.05) is 115 Å². The summed E-state index contributed by atoms with van der Waals surface area (Å²) in [6, 6.07) is 171. The Balaban J connectivity index is 0.000000115. The van der Waals surface area contributed by atoms with Crippen molar-refractivity contribution >= 4 is 98.1 Å². The van der Waals surface area contributed by atoms with E-state index in [0.29, 0.717) is 45.8 Å². The zero-order chi connectivity index (χ0) is 98.2. The molecule has 0 unspecified atom stereocenters. The summed E-state index contributed by atoms with van der Waals surface area (Å²) in [7, 11) is 0. The third kappa shape index (κ3) is 16.9. The van der Waals surface area contributed by atoms with Crippen LogP contribution in [0.25, 0.3) is 267 Å². The van der Waals surface area contributed by atoms with E-state index in [1.165, 1.54) is 0 Å². The maximum absolute atomic E-state index is 9.99. The maximum atomic E-state index is 9.99. The smallest absolute Gasteiger partial charge is 0.164 e. The van der Waals surface area contributed by atoms with E-state index in [0.717, 1.165) is 238 Å². The van der Waals surface area contributed by atoms with E-state index in [1.807, 2.05) is 285 Å². The molecule has 27 rings (SSSR count). The van der Waals surface area contributed by atoms with Gasteiger partial charge in [0.1, 0.15) is 33.5 Å². The van der Waals surface area contributed by atoms with Gasteiger partial charge < -0.3 is 13.3 Å². The van der Waals surface area contributed by atoms with Crippen molar-refractivity contribution in [2.45, 2.75) is 0 Å². The Labute approximate surface area is 845 Å². The van der Waals surface area contributed by atoms with Crippen LogP contribution in [-0.2, 0) is 0 Å². The number of rotatable bonds is 15. The molecular formula is C134H80N10O3. The molecule has 0 fully saturated rings. The SMILES string of the molecule is N#Cc1cc2c(oc3cccc(-c4ccc(-c5ccc(-c6cc(-c7ccccc7)nc(-c7ccccc7)n6)cc5)cc4)c32)c2ccccc12.N#Cc1cc2c(oc3cccc(-c4cccc(-c5ccc(-c6cc(-c7ccccc7)nc(-c7ccccc7)n6)cc5)c4)c32)c2ccccc12.N#Cc1cc2c(oc3cccc(-c4cccc(-c5ccc(-c6nc(-c7ccccc7)nc(-c7ccccc7)n6)cc5)c4)c32)c2ccccc12. The van der Waals surface area contributed by atoms with E-state index in [9.17, 15) is 15.8 Å². The summed E-state index contributed by atoms with van der Waals surface area (Å²) in [6.45, 7) is 0. The molecule has 0 bridgehead atoms. The van der Waals surface area contributed by atoms with Gasteiger partial charge in [-0.25, -0.2) is 34.9 Å². The molecule has 0 N–H and O–H groups in total. The Morgan fingerprint density at radius 2 is 0.361 bits per heavy atom. The van der Waals surface area contributed by atoms with Gasteiger partial charge in [0.2, 0.25) is 0 Å². The lowest BCUT2D eigenvalue weighted by Crippen LogP contribution is -2.00. The molecule has 27 aromatic rings. The van der Waals surface area contributed by atoms with E-state index in [-0.39, 0.29) is 0 Å². The summed E-state index contributed by atoms with van der Waals surface area (Å²) in [4.78, 5) is 34.4. The second-order valence-corrected chi connectivity index (χ2v) is 36.1. The Morgan fingerprint density at radius 1 is 0.150 bits per heavy atom. The van der Waals surface area contributed by atoms with Crippen LogP contribution in [0.5, 0.6) is 0 Å². The van der Waals surface area contributed by atoms with Crippen molar-refractivity contribution in [2.24, 2.45) is 0 Å². The minimum atomic E-state index is 0.621. The average Bonchev–Trinajstić information content (AvgIpc) is 1.59. The minimum Gasteiger partial charge on any atom is -0.455 e. The number of benzene rings is 21. The van der Waals surface area contributed by atoms with Crippen molar-refractivity contribution in [3.8, 4) is 187 Å². The second-order valence-electron chi connectivity index (χ2n) is 36.1. The molecule has 0 spiro atoms. The van der Waals surface area contributed by atoms with Crippen molar-refractivity contribution < 1.29 is 13.3 Å². The van der Waals surface area contributed by atoms with Crippen LogP contribution in [0.2, 0.25) is 0 Å². The number of furan rings is 3. The molecule has 0 amide bonds. The van der Waals surface area contributed by atoms with Gasteiger partial charge in [0.05, 0.1) is 57.7 Å². The average molecular weight is 1880 g/mol. The molecule has 147 heavy (non-hydrogen) atoms. The molecule has 6 heterocycles. The lowest BCUT2D eigenvalue weighted by Gasteiger charge is -2.11. The lowest BCUT2D eigenvalue weighted by atomic mass is 9.94. The fourth-order valence-electron chi connectivity index (χ4n) is 20.1. The fourth-order valence-corrected chi connectivity index (χ4v) is 20.1. The van der Waals surface area contributed by atoms with Crippen molar-refractivity contribution in [3.05, 3.63) is 502 Å². The molecule has 13 heteroatoms. The van der Waals surface area contributed by atoms with Crippen LogP contribution in [0.1, 0.15) is 16.7 Å². The van der Waals surface area contributed by atoms with E-state index < -0.39 is 0 Å². The molecule has 21 aromatic carbocycles. The van der Waals surface area contributed by atoms with E-state index in [2.05, 4.69) is 218 Å². The highest BCUT2D eigenvalue weighted by Gasteiger charge is 2.25. The van der Waals surface area contributed by atoms with Gasteiger partial charge in [-0.05, 0) is 127 Å². The van der Waals surface area contributed by atoms with Crippen LogP contribution >= 0.6 is 0 Å². The van der Waals surface area contributed by atoms with Crippen molar-refractivity contribution in [3.63, 3.8) is 0 Å². The highest BCUT2D eigenvalue weighted by Crippen LogP contribution is 2.47. The van der Waals surface area contributed by atoms with Crippen LogP contribution in [0, 0.1) is 34.0 Å². The predicted octanol–water partition coefficient (Wildman–Crippen LogP) is 34.6. The summed E-state index contributed by atoms with van der Waals surface area (Å²) in [5.74, 6) is 3.29. The van der Waals surface area contributed by atoms with Gasteiger partial charge in [0.25, 0.3) is 0 Å². The number of nitrogens with zero attached hydrogens (tertiary/aromatic N) is 10. The van der Waals surface area contributed by atoms with Crippen LogP contribution in [0.3, 0.4) is 0 Å². The predicted molar refractivity (Wildman–Crippen MR) is 594 cm³/mol. The Kier molecular flexibility index (Phi) is 22.9. The second kappa shape index (κ2) is 38.2. The van der Waals surface area contributed by atoms with E-state index >= 15 is 0 Å². The molecular weight excluding hydrogens is 1800 g/mol. The van der Waals surface area contributed by atoms with Gasteiger partial charge in [-0.3, -0.25) is 0 Å². The summed E-state index contributed by atoms with van der Waals surface area (Å²) in [6.07, 6.45) is 0. The quantitative estimate of drug-likeness (QED) is 0.0939. The molecule has 0 atom stereocenters. The highest BCUT2D eigenvalue weighted by atomic mass is 16.3. The number of aromatic nitrogens is 7. The zero-order valence-electron chi connectivity index (χ0n) is 78.9. The Bertz CT molecular complexity index is 9360. The maximum Gasteiger partial charge on any atom is 0.164 e. The Hall–Kier alpha value is -20.6. The molecule has 0 aliphatic carbocycles. The van der Waals surface area contributed by atoms with Crippen LogP contribution in [-0.4, -0.2) is 34.9 Å². The summed E-state index contributed by atoms with van der Waals surface area (Å²) in [5, 5.41) is 41.3. The monoisotopic (exact) mass is 1880 g/mol. The first-order valence-corrected chi connectivity index (χ1v) is 48.5. The molecule has 0 saturated heterocycles. The van der Waals surface area contributed by atoms with Gasteiger partial charge in [-0.2, -0.15) is 15.8 Å². The standard InChI is InChI=1S/2C45H27N3O.C44H26N4O/c46-28-35-26-39-43-37(19-10-20-42(43)49-44(39)38-18-8-7-17-36(35)38)34-16-9-15-33(25-34)29-21-23-31(24-22-29)41-27-40(30-11-3-1-4-12-30)47-45(48-41)32-13-5-2-6-14-32;46-28-35-26-39-43-37(16-9-17-42(43)49-44(39)38-15-8-7-14-36(35)38)31-22-18-29(19-23-31)30-20-24-33(25-21-30)41-27-40(32-10-3-1-4-11-32)47-45(48-41)34-12-5-2-6-13-34;45-27-34-26-38-40-36(19-10-20-39(40)49-41(38)37-18-8-7-17-35(34)37)33-16-9-15-32(25-33)28-21-23-31(24-22-28)44-47-42(29-11-3-1-4-12-29)46-43(48-44)30-13-5-2-6-14-30/h2*1-27H;1-26H. The topological polar surface area (TPSA) is 201 Å². The Morgan fingerprint density at radius 3 is 0.660 bits per heavy atom. The third-order valence-electron chi connectivity index (χ3n) is 27.3. The minimum absolute atomic E-state index is 0.621. The third-order valence-corrected chi connectivity index (χ3v) is 27.3. The van der Waals surface area contributed by atoms with Crippen molar-refractivity contribution in [1.82, 2.24) is 34.9 Å². The first-order valence-electron chi connectivity index (χ1n) is 48.5. The number of fused-ring (bicyclic) bond motifs is 15. The summed E-state index contributed by atoms with van der Waals surface area (Å²) in [5.41, 5.74) is 32.2. The van der Waals surface area contributed by atoms with Crippen LogP contribution in [0.15, 0.2) is 499 Å². The lowest BCUT2D eigenvalue weighted by molar-refractivity contribution is 0.672. The van der Waals surface area contributed by atoms with Gasteiger partial charge in [-0.15, -0.1) is 0 Å². The molecule has 0 radical (unpaired) electrons. The molecule has 0 aliphatic rings. The first-order chi connectivity index (χ1) is 72.7. The number of hydrogen-bond donors (Lipinski definition) is 0. The highest BCUT2D eigenvalue weighted by molar-refractivity contribution is 6.23. The van der Waals surface area contributed by atoms with Crippen LogP contribution < -0.4 is 0 Å². The van der Waals surface area contributed by atoms with Gasteiger partial charge >= 0.3 is 0 Å². The number of hydrogen-bond acceptors (Lipinski definition) is 13. The zero-order valence-corrected chi connectivity index (χ0v) is 78.9. The first kappa shape index (κ1) is 87.9. The molecule has 6 aromatic heterocycles. The van der Waals surface area contributed by atoms with Gasteiger partial charge in [-0.1, -0.05) is 425 Å². The molecule has 684 valence electrons. The fraction of sp³-hybridized carbons (Fsp3) is 0. The van der Waals surface area contributed by atoms with Gasteiger partial charge in [0.15, 0.2) is 29.1 Å². The molecule has 0 saturated carbocycles. The summed E-state index contributed by atoms with van der Waals surface area (Å²) < 4.78 is 19.3. The largest absolute Gasteiger partial charge is 0.455 e. The van der Waals surface area contributed by atoms with E-state index in [4.69, 9.17) is 48.1 Å². The van der Waals surface area contributed by atoms with Crippen molar-refractivity contribution in [2.75, 3.05) is 0 Å². The van der Waals surface area contributed by atoms with Crippen LogP contribution in [0.4, 0.5) is 0 Å². The molecule has 13 nitrogen and oxygen atoms in total. The van der Waals surface area contributed by atoms with Crippen molar-refractivity contribution in [1.29, 1.82) is 15.8 Å². The normalized spacial score (nSPS) is 11.2. The van der Waals surface area contributed by atoms with E-state index in [1.54, 1.807) is 0 Å².